The molecular weight excluding hydrogens is 304 g/mol. The first-order valence-electron chi connectivity index (χ1n) is 8.46. The van der Waals surface area contributed by atoms with Gasteiger partial charge in [0.1, 0.15) is 6.54 Å². The highest BCUT2D eigenvalue weighted by atomic mass is 16.2. The quantitative estimate of drug-likeness (QED) is 0.756. The average molecular weight is 328 g/mol. The van der Waals surface area contributed by atoms with E-state index in [9.17, 15) is 9.59 Å². The first-order valence-corrected chi connectivity index (χ1v) is 8.46. The van der Waals surface area contributed by atoms with E-state index in [4.69, 9.17) is 0 Å². The zero-order valence-corrected chi connectivity index (χ0v) is 14.0. The molecule has 0 saturated carbocycles. The number of benzene rings is 1. The van der Waals surface area contributed by atoms with Crippen LogP contribution in [-0.2, 0) is 16.1 Å². The van der Waals surface area contributed by atoms with Gasteiger partial charge in [0.25, 0.3) is 0 Å². The molecule has 0 spiro atoms. The van der Waals surface area contributed by atoms with Crippen LogP contribution in [0.2, 0.25) is 0 Å². The molecule has 2 amide bonds. The molecule has 1 atom stereocenters. The summed E-state index contributed by atoms with van der Waals surface area (Å²) in [5.41, 5.74) is 1.71. The predicted octanol–water partition coefficient (Wildman–Crippen LogP) is 1.72. The molecule has 6 nitrogen and oxygen atoms in total. The normalized spacial score (nSPS) is 17.1. The van der Waals surface area contributed by atoms with Crippen LogP contribution < -0.4 is 16.0 Å². The van der Waals surface area contributed by atoms with Crippen molar-refractivity contribution in [3.8, 4) is 0 Å². The fourth-order valence-corrected chi connectivity index (χ4v) is 3.15. The minimum absolute atomic E-state index is 0.0469. The minimum Gasteiger partial charge on any atom is -0.358 e. The summed E-state index contributed by atoms with van der Waals surface area (Å²) in [6.45, 7) is 2.35. The molecule has 24 heavy (non-hydrogen) atoms. The van der Waals surface area contributed by atoms with Gasteiger partial charge in [-0.05, 0) is 55.4 Å². The standard InChI is InChI=1S/C18H24N4O2/c1-19-18(24)12-22-9-7-14-3-4-15(10-16(14)22)21-17(23)5-2-13-6-8-20-11-13/h3-4,7,9-10,13,20H,2,5-6,8,11-12H2,1H3,(H,19,24)(H,21,23). The second-order valence-electron chi connectivity index (χ2n) is 6.34. The molecule has 2 aromatic rings. The lowest BCUT2D eigenvalue weighted by atomic mass is 10.0. The summed E-state index contributed by atoms with van der Waals surface area (Å²) in [6.07, 6.45) is 4.52. The van der Waals surface area contributed by atoms with Gasteiger partial charge in [-0.25, -0.2) is 0 Å². The van der Waals surface area contributed by atoms with Crippen molar-refractivity contribution >= 4 is 28.4 Å². The summed E-state index contributed by atoms with van der Waals surface area (Å²) in [6, 6.07) is 7.76. The molecule has 1 aromatic carbocycles. The Morgan fingerprint density at radius 3 is 2.92 bits per heavy atom. The zero-order chi connectivity index (χ0) is 16.9. The van der Waals surface area contributed by atoms with Gasteiger partial charge in [-0.1, -0.05) is 6.07 Å². The summed E-state index contributed by atoms with van der Waals surface area (Å²) < 4.78 is 1.88. The number of fused-ring (bicyclic) bond motifs is 1. The molecule has 1 unspecified atom stereocenters. The minimum atomic E-state index is -0.0490. The Bertz CT molecular complexity index is 732. The maximum Gasteiger partial charge on any atom is 0.239 e. The average Bonchev–Trinajstić information content (AvgIpc) is 3.23. The Morgan fingerprint density at radius 1 is 1.29 bits per heavy atom. The van der Waals surface area contributed by atoms with Crippen molar-refractivity contribution in [1.29, 1.82) is 0 Å². The van der Waals surface area contributed by atoms with Crippen LogP contribution in [0.5, 0.6) is 0 Å². The van der Waals surface area contributed by atoms with Crippen LogP contribution in [0.3, 0.4) is 0 Å². The van der Waals surface area contributed by atoms with Gasteiger partial charge in [0.2, 0.25) is 11.8 Å². The lowest BCUT2D eigenvalue weighted by Crippen LogP contribution is -2.23. The largest absolute Gasteiger partial charge is 0.358 e. The molecule has 6 heteroatoms. The number of hydrogen-bond donors (Lipinski definition) is 3. The van der Waals surface area contributed by atoms with E-state index in [0.29, 0.717) is 12.3 Å². The number of rotatable bonds is 6. The molecule has 128 valence electrons. The van der Waals surface area contributed by atoms with Crippen molar-refractivity contribution in [1.82, 2.24) is 15.2 Å². The van der Waals surface area contributed by atoms with Crippen LogP contribution in [0, 0.1) is 5.92 Å². The maximum absolute atomic E-state index is 12.2. The number of carbonyl (C=O) groups excluding carboxylic acids is 2. The zero-order valence-electron chi connectivity index (χ0n) is 14.0. The van der Waals surface area contributed by atoms with E-state index >= 15 is 0 Å². The highest BCUT2D eigenvalue weighted by molar-refractivity contribution is 5.94. The van der Waals surface area contributed by atoms with E-state index in [0.717, 1.165) is 42.5 Å². The highest BCUT2D eigenvalue weighted by Crippen LogP contribution is 2.21. The summed E-state index contributed by atoms with van der Waals surface area (Å²) in [4.78, 5) is 23.7. The molecule has 1 fully saturated rings. The number of amides is 2. The first-order chi connectivity index (χ1) is 11.7. The van der Waals surface area contributed by atoms with Crippen LogP contribution in [0.1, 0.15) is 19.3 Å². The van der Waals surface area contributed by atoms with Crippen molar-refractivity contribution < 1.29 is 9.59 Å². The fourth-order valence-electron chi connectivity index (χ4n) is 3.15. The van der Waals surface area contributed by atoms with E-state index < -0.39 is 0 Å². The monoisotopic (exact) mass is 328 g/mol. The molecule has 2 heterocycles. The summed E-state index contributed by atoms with van der Waals surface area (Å²) in [5, 5.41) is 9.96. The van der Waals surface area contributed by atoms with Crippen molar-refractivity contribution in [3.05, 3.63) is 30.5 Å². The summed E-state index contributed by atoms with van der Waals surface area (Å²) in [5.74, 6) is 0.612. The van der Waals surface area contributed by atoms with Crippen LogP contribution in [0.25, 0.3) is 10.9 Å². The van der Waals surface area contributed by atoms with Crippen molar-refractivity contribution in [3.63, 3.8) is 0 Å². The van der Waals surface area contributed by atoms with Crippen molar-refractivity contribution in [2.75, 3.05) is 25.5 Å². The molecule has 1 aliphatic heterocycles. The topological polar surface area (TPSA) is 75.2 Å². The number of anilines is 1. The summed E-state index contributed by atoms with van der Waals surface area (Å²) >= 11 is 0. The summed E-state index contributed by atoms with van der Waals surface area (Å²) in [7, 11) is 1.62. The molecule has 3 rings (SSSR count). The molecular formula is C18H24N4O2. The Morgan fingerprint density at radius 2 is 2.17 bits per heavy atom. The second kappa shape index (κ2) is 7.49. The fraction of sp³-hybridized carbons (Fsp3) is 0.444. The van der Waals surface area contributed by atoms with E-state index in [2.05, 4.69) is 16.0 Å². The van der Waals surface area contributed by atoms with Gasteiger partial charge in [-0.2, -0.15) is 0 Å². The van der Waals surface area contributed by atoms with Crippen LogP contribution in [-0.4, -0.2) is 36.5 Å². The number of nitrogens with zero attached hydrogens (tertiary/aromatic N) is 1. The third-order valence-electron chi connectivity index (χ3n) is 4.59. The Balaban J connectivity index is 1.64. The van der Waals surface area contributed by atoms with Gasteiger partial charge < -0.3 is 20.5 Å². The number of aromatic nitrogens is 1. The third kappa shape index (κ3) is 3.94. The number of hydrogen-bond acceptors (Lipinski definition) is 3. The highest BCUT2D eigenvalue weighted by Gasteiger charge is 2.16. The van der Waals surface area contributed by atoms with Gasteiger partial charge in [-0.3, -0.25) is 9.59 Å². The van der Waals surface area contributed by atoms with E-state index in [1.807, 2.05) is 35.0 Å². The van der Waals surface area contributed by atoms with Crippen LogP contribution in [0.4, 0.5) is 5.69 Å². The van der Waals surface area contributed by atoms with Crippen molar-refractivity contribution in [2.24, 2.45) is 5.92 Å². The lowest BCUT2D eigenvalue weighted by molar-refractivity contribution is -0.121. The molecule has 1 aliphatic rings. The Hall–Kier alpha value is -2.34. The van der Waals surface area contributed by atoms with Crippen LogP contribution in [0.15, 0.2) is 30.5 Å². The smallest absolute Gasteiger partial charge is 0.239 e. The molecule has 0 radical (unpaired) electrons. The SMILES string of the molecule is CNC(=O)Cn1ccc2ccc(NC(=O)CCC3CCNC3)cc21. The predicted molar refractivity (Wildman–Crippen MR) is 94.8 cm³/mol. The number of nitrogens with one attached hydrogen (secondary N) is 3. The van der Waals surface area contributed by atoms with Crippen molar-refractivity contribution in [2.45, 2.75) is 25.8 Å². The number of likely N-dealkylation sites (N-methyl/N-ethyl adjacent to an activating group) is 1. The van der Waals surface area contributed by atoms with E-state index in [-0.39, 0.29) is 18.4 Å². The second-order valence-corrected chi connectivity index (χ2v) is 6.34. The van der Waals surface area contributed by atoms with Gasteiger partial charge >= 0.3 is 0 Å². The molecule has 3 N–H and O–H groups in total. The maximum atomic E-state index is 12.2. The molecule has 0 aliphatic carbocycles. The van der Waals surface area contributed by atoms with Gasteiger partial charge in [0, 0.05) is 25.4 Å². The van der Waals surface area contributed by atoms with E-state index in [1.54, 1.807) is 7.05 Å². The Labute approximate surface area is 141 Å². The van der Waals surface area contributed by atoms with E-state index in [1.165, 1.54) is 0 Å². The third-order valence-corrected chi connectivity index (χ3v) is 4.59. The van der Waals surface area contributed by atoms with Gasteiger partial charge in [0.05, 0.1) is 5.52 Å². The number of carbonyl (C=O) groups is 2. The Kier molecular flexibility index (Phi) is 5.15. The molecule has 0 bridgehead atoms. The van der Waals surface area contributed by atoms with Crippen LogP contribution >= 0.6 is 0 Å². The van der Waals surface area contributed by atoms with Gasteiger partial charge in [0.15, 0.2) is 0 Å². The molecule has 1 aromatic heterocycles. The lowest BCUT2D eigenvalue weighted by Gasteiger charge is -2.10. The first kappa shape index (κ1) is 16.5. The molecule has 1 saturated heterocycles. The van der Waals surface area contributed by atoms with Gasteiger partial charge in [-0.15, -0.1) is 0 Å².